The van der Waals surface area contributed by atoms with Gasteiger partial charge in [0.05, 0.1) is 18.3 Å². The highest BCUT2D eigenvalue weighted by atomic mass is 19.1. The highest BCUT2D eigenvalue weighted by molar-refractivity contribution is 5.81. The second-order valence-electron chi connectivity index (χ2n) is 5.06. The van der Waals surface area contributed by atoms with Crippen molar-refractivity contribution in [1.29, 1.82) is 0 Å². The molecule has 0 saturated carbocycles. The summed E-state index contributed by atoms with van der Waals surface area (Å²) in [6, 6.07) is 4.61. The van der Waals surface area contributed by atoms with Crippen LogP contribution >= 0.6 is 0 Å². The van der Waals surface area contributed by atoms with Crippen LogP contribution in [0.3, 0.4) is 0 Å². The zero-order valence-corrected chi connectivity index (χ0v) is 12.6. The number of carbonyl (C=O) groups is 1. The first kappa shape index (κ1) is 16.4. The molecule has 1 aromatic carbocycles. The number of aliphatic hydroxyl groups is 1. The molecule has 5 heteroatoms. The maximum atomic E-state index is 14.2. The van der Waals surface area contributed by atoms with Gasteiger partial charge in [-0.3, -0.25) is 4.79 Å². The Morgan fingerprint density at radius 2 is 2.05 bits per heavy atom. The quantitative estimate of drug-likeness (QED) is 0.870. The average molecular weight is 282 g/mol. The minimum Gasteiger partial charge on any atom is -0.389 e. The average Bonchev–Trinajstić information content (AvgIpc) is 2.37. The standard InChI is InChI=1S/C15H23FN2O2/c1-5-9-18(10-14(20)17(3)4)15-12(11(2)19)7-6-8-13(15)16/h6-8,11,19H,5,9-10H2,1-4H3/t11-/m1/s1. The van der Waals surface area contributed by atoms with Crippen LogP contribution in [0.4, 0.5) is 10.1 Å². The summed E-state index contributed by atoms with van der Waals surface area (Å²) in [6.45, 7) is 4.22. The van der Waals surface area contributed by atoms with Crippen LogP contribution in [0, 0.1) is 5.82 Å². The number of aliphatic hydroxyl groups excluding tert-OH is 1. The third kappa shape index (κ3) is 3.93. The van der Waals surface area contributed by atoms with Crippen LogP contribution in [0.2, 0.25) is 0 Å². The number of carbonyl (C=O) groups excluding carboxylic acids is 1. The van der Waals surface area contributed by atoms with E-state index in [0.29, 0.717) is 17.8 Å². The first-order chi connectivity index (χ1) is 9.38. The normalized spacial score (nSPS) is 12.1. The third-order valence-corrected chi connectivity index (χ3v) is 3.10. The van der Waals surface area contributed by atoms with Crippen LogP contribution in [0.25, 0.3) is 0 Å². The second kappa shape index (κ2) is 7.24. The van der Waals surface area contributed by atoms with Gasteiger partial charge in [0.25, 0.3) is 0 Å². The number of amides is 1. The van der Waals surface area contributed by atoms with Crippen LogP contribution < -0.4 is 4.90 Å². The van der Waals surface area contributed by atoms with Crippen molar-refractivity contribution in [2.75, 3.05) is 32.1 Å². The van der Waals surface area contributed by atoms with Crippen molar-refractivity contribution >= 4 is 11.6 Å². The molecule has 1 rings (SSSR count). The summed E-state index contributed by atoms with van der Waals surface area (Å²) < 4.78 is 14.2. The molecular formula is C15H23FN2O2. The van der Waals surface area contributed by atoms with Crippen molar-refractivity contribution in [3.05, 3.63) is 29.6 Å². The van der Waals surface area contributed by atoms with Gasteiger partial charge < -0.3 is 14.9 Å². The predicted molar refractivity (Wildman–Crippen MR) is 78.2 cm³/mol. The van der Waals surface area contributed by atoms with Crippen molar-refractivity contribution in [2.45, 2.75) is 26.4 Å². The van der Waals surface area contributed by atoms with E-state index in [0.717, 1.165) is 6.42 Å². The lowest BCUT2D eigenvalue weighted by atomic mass is 10.1. The van der Waals surface area contributed by atoms with Crippen molar-refractivity contribution < 1.29 is 14.3 Å². The number of rotatable bonds is 6. The van der Waals surface area contributed by atoms with E-state index in [9.17, 15) is 14.3 Å². The van der Waals surface area contributed by atoms with Gasteiger partial charge in [-0.25, -0.2) is 4.39 Å². The van der Waals surface area contributed by atoms with Gasteiger partial charge in [-0.2, -0.15) is 0 Å². The first-order valence-electron chi connectivity index (χ1n) is 6.80. The Hall–Kier alpha value is -1.62. The Morgan fingerprint density at radius 1 is 1.40 bits per heavy atom. The van der Waals surface area contributed by atoms with E-state index in [1.807, 2.05) is 6.92 Å². The molecule has 0 aromatic heterocycles. The van der Waals surface area contributed by atoms with Gasteiger partial charge in [0.1, 0.15) is 5.82 Å². The molecule has 0 aliphatic heterocycles. The fourth-order valence-corrected chi connectivity index (χ4v) is 2.05. The highest BCUT2D eigenvalue weighted by Crippen LogP contribution is 2.29. The van der Waals surface area contributed by atoms with Crippen LogP contribution in [-0.4, -0.2) is 43.1 Å². The van der Waals surface area contributed by atoms with Gasteiger partial charge in [0, 0.05) is 26.2 Å². The Kier molecular flexibility index (Phi) is 5.95. The molecule has 0 radical (unpaired) electrons. The molecule has 1 aromatic rings. The lowest BCUT2D eigenvalue weighted by molar-refractivity contribution is -0.127. The minimum absolute atomic E-state index is 0.0987. The molecule has 0 spiro atoms. The zero-order chi connectivity index (χ0) is 15.3. The first-order valence-corrected chi connectivity index (χ1v) is 6.80. The van der Waals surface area contributed by atoms with E-state index in [-0.39, 0.29) is 12.5 Å². The van der Waals surface area contributed by atoms with Gasteiger partial charge in [-0.1, -0.05) is 19.1 Å². The van der Waals surface area contributed by atoms with E-state index in [1.54, 1.807) is 38.1 Å². The van der Waals surface area contributed by atoms with Crippen molar-refractivity contribution in [2.24, 2.45) is 0 Å². The molecule has 0 fully saturated rings. The maximum Gasteiger partial charge on any atom is 0.241 e. The topological polar surface area (TPSA) is 43.8 Å². The van der Waals surface area contributed by atoms with Gasteiger partial charge in [-0.15, -0.1) is 0 Å². The highest BCUT2D eigenvalue weighted by Gasteiger charge is 2.20. The predicted octanol–water partition coefficient (Wildman–Crippen LogP) is 2.18. The Morgan fingerprint density at radius 3 is 2.55 bits per heavy atom. The summed E-state index contributed by atoms with van der Waals surface area (Å²) in [6.07, 6.45) is 0.00315. The number of halogens is 1. The number of likely N-dealkylation sites (N-methyl/N-ethyl adjacent to an activating group) is 1. The molecule has 1 atom stereocenters. The SMILES string of the molecule is CCCN(CC(=O)N(C)C)c1c(F)cccc1[C@@H](C)O. The van der Waals surface area contributed by atoms with Crippen LogP contribution in [0.15, 0.2) is 18.2 Å². The zero-order valence-electron chi connectivity index (χ0n) is 12.6. The molecule has 112 valence electrons. The largest absolute Gasteiger partial charge is 0.389 e. The molecular weight excluding hydrogens is 259 g/mol. The summed E-state index contributed by atoms with van der Waals surface area (Å²) in [5.41, 5.74) is 0.824. The number of benzene rings is 1. The van der Waals surface area contributed by atoms with E-state index in [4.69, 9.17) is 0 Å². The van der Waals surface area contributed by atoms with Crippen molar-refractivity contribution in [1.82, 2.24) is 4.90 Å². The smallest absolute Gasteiger partial charge is 0.241 e. The monoisotopic (exact) mass is 282 g/mol. The summed E-state index contributed by atoms with van der Waals surface area (Å²) in [5.74, 6) is -0.512. The van der Waals surface area contributed by atoms with Crippen molar-refractivity contribution in [3.63, 3.8) is 0 Å². The maximum absolute atomic E-state index is 14.2. The van der Waals surface area contributed by atoms with Crippen molar-refractivity contribution in [3.8, 4) is 0 Å². The number of nitrogens with zero attached hydrogens (tertiary/aromatic N) is 2. The van der Waals surface area contributed by atoms with Crippen LogP contribution in [-0.2, 0) is 4.79 Å². The molecule has 1 N–H and O–H groups in total. The molecule has 0 aliphatic rings. The Bertz CT molecular complexity index is 461. The van der Waals surface area contributed by atoms with E-state index >= 15 is 0 Å². The summed E-state index contributed by atoms with van der Waals surface area (Å²) in [4.78, 5) is 15.1. The number of anilines is 1. The Balaban J connectivity index is 3.17. The lowest BCUT2D eigenvalue weighted by Gasteiger charge is -2.28. The fourth-order valence-electron chi connectivity index (χ4n) is 2.05. The summed E-state index contributed by atoms with van der Waals surface area (Å²) in [5, 5.41) is 9.80. The number of hydrogen-bond donors (Lipinski definition) is 1. The molecule has 4 nitrogen and oxygen atoms in total. The molecule has 0 heterocycles. The van der Waals surface area contributed by atoms with Gasteiger partial charge >= 0.3 is 0 Å². The number of hydrogen-bond acceptors (Lipinski definition) is 3. The summed E-state index contributed by atoms with van der Waals surface area (Å²) >= 11 is 0. The van der Waals surface area contributed by atoms with E-state index in [2.05, 4.69) is 0 Å². The third-order valence-electron chi connectivity index (χ3n) is 3.10. The van der Waals surface area contributed by atoms with Crippen LogP contribution in [0.5, 0.6) is 0 Å². The van der Waals surface area contributed by atoms with E-state index < -0.39 is 11.9 Å². The fraction of sp³-hybridized carbons (Fsp3) is 0.533. The van der Waals surface area contributed by atoms with Gasteiger partial charge in [0.15, 0.2) is 0 Å². The molecule has 1 amide bonds. The molecule has 20 heavy (non-hydrogen) atoms. The molecule has 0 bridgehead atoms. The Labute approximate surface area is 119 Å². The minimum atomic E-state index is -0.783. The molecule has 0 unspecified atom stereocenters. The summed E-state index contributed by atoms with van der Waals surface area (Å²) in [7, 11) is 3.34. The molecule has 0 aliphatic carbocycles. The van der Waals surface area contributed by atoms with Gasteiger partial charge in [-0.05, 0) is 19.4 Å². The van der Waals surface area contributed by atoms with E-state index in [1.165, 1.54) is 11.0 Å². The lowest BCUT2D eigenvalue weighted by Crippen LogP contribution is -2.38. The van der Waals surface area contributed by atoms with Gasteiger partial charge in [0.2, 0.25) is 5.91 Å². The van der Waals surface area contributed by atoms with Crippen LogP contribution in [0.1, 0.15) is 31.9 Å². The second-order valence-corrected chi connectivity index (χ2v) is 5.06. The number of para-hydroxylation sites is 1. The molecule has 0 saturated heterocycles.